The molecule has 4 nitrogen and oxygen atoms in total. The van der Waals surface area contributed by atoms with Crippen LogP contribution in [0.25, 0.3) is 0 Å². The highest BCUT2D eigenvalue weighted by atomic mass is 32.2. The number of thioether (sulfide) groups is 1. The molecule has 0 unspecified atom stereocenters. The Morgan fingerprint density at radius 1 is 1.35 bits per heavy atom. The first kappa shape index (κ1) is 13.6. The van der Waals surface area contributed by atoms with Crippen molar-refractivity contribution in [1.29, 1.82) is 0 Å². The number of hydrogen-bond acceptors (Lipinski definition) is 5. The lowest BCUT2D eigenvalue weighted by Gasteiger charge is -2.23. The van der Waals surface area contributed by atoms with Gasteiger partial charge in [-0.05, 0) is 22.8 Å². The standard InChI is InChI=1S/C15H19N3OS/c1-10(2)20-9-14-17-15(19-18-14)13-7-11-5-3-4-6-12(11)8-16-13/h3-6,10,13,16H,7-9H2,1-2H3/t13-/m0/s1. The van der Waals surface area contributed by atoms with E-state index in [2.05, 4.69) is 53.6 Å². The maximum absolute atomic E-state index is 5.41. The molecular formula is C15H19N3OS. The molecular weight excluding hydrogens is 270 g/mol. The minimum absolute atomic E-state index is 0.134. The second-order valence-electron chi connectivity index (χ2n) is 5.31. The molecule has 2 heterocycles. The summed E-state index contributed by atoms with van der Waals surface area (Å²) in [5.74, 6) is 2.31. The first-order valence-corrected chi connectivity index (χ1v) is 8.01. The summed E-state index contributed by atoms with van der Waals surface area (Å²) in [5, 5.41) is 8.12. The number of rotatable bonds is 4. The fraction of sp³-hybridized carbons (Fsp3) is 0.467. The largest absolute Gasteiger partial charge is 0.338 e. The molecule has 1 aliphatic rings. The van der Waals surface area contributed by atoms with Gasteiger partial charge in [0.1, 0.15) is 0 Å². The minimum Gasteiger partial charge on any atom is -0.338 e. The number of hydrogen-bond donors (Lipinski definition) is 1. The molecule has 0 saturated heterocycles. The summed E-state index contributed by atoms with van der Waals surface area (Å²) in [7, 11) is 0. The van der Waals surface area contributed by atoms with Crippen LogP contribution >= 0.6 is 11.8 Å². The van der Waals surface area contributed by atoms with Crippen LogP contribution in [0.5, 0.6) is 0 Å². The molecule has 5 heteroatoms. The lowest BCUT2D eigenvalue weighted by molar-refractivity contribution is 0.319. The normalized spacial score (nSPS) is 18.2. The molecule has 0 radical (unpaired) electrons. The van der Waals surface area contributed by atoms with Gasteiger partial charge in [0.2, 0.25) is 5.89 Å². The predicted octanol–water partition coefficient (Wildman–Crippen LogP) is 3.10. The van der Waals surface area contributed by atoms with Gasteiger partial charge in [0.15, 0.2) is 5.82 Å². The summed E-state index contributed by atoms with van der Waals surface area (Å²) in [6.45, 7) is 5.20. The summed E-state index contributed by atoms with van der Waals surface area (Å²) in [6, 6.07) is 8.64. The second-order valence-corrected chi connectivity index (χ2v) is 6.88. The van der Waals surface area contributed by atoms with Crippen molar-refractivity contribution in [2.24, 2.45) is 0 Å². The summed E-state index contributed by atoms with van der Waals surface area (Å²) in [5.41, 5.74) is 2.73. The molecule has 1 aromatic carbocycles. The first-order valence-electron chi connectivity index (χ1n) is 6.96. The average Bonchev–Trinajstić information content (AvgIpc) is 2.93. The highest BCUT2D eigenvalue weighted by Crippen LogP contribution is 2.25. The number of fused-ring (bicyclic) bond motifs is 1. The third kappa shape index (κ3) is 3.04. The zero-order chi connectivity index (χ0) is 13.9. The fourth-order valence-electron chi connectivity index (χ4n) is 2.34. The third-order valence-corrected chi connectivity index (χ3v) is 4.50. The van der Waals surface area contributed by atoms with E-state index in [-0.39, 0.29) is 6.04 Å². The Hall–Kier alpha value is -1.33. The Balaban J connectivity index is 1.69. The zero-order valence-electron chi connectivity index (χ0n) is 11.8. The van der Waals surface area contributed by atoms with Crippen molar-refractivity contribution in [3.8, 4) is 0 Å². The lowest BCUT2D eigenvalue weighted by atomic mass is 9.96. The van der Waals surface area contributed by atoms with Crippen molar-refractivity contribution < 1.29 is 4.52 Å². The van der Waals surface area contributed by atoms with Crippen LogP contribution in [0.4, 0.5) is 0 Å². The van der Waals surface area contributed by atoms with Crippen molar-refractivity contribution in [1.82, 2.24) is 15.5 Å². The van der Waals surface area contributed by atoms with Gasteiger partial charge in [0.25, 0.3) is 0 Å². The van der Waals surface area contributed by atoms with Crippen molar-refractivity contribution in [2.45, 2.75) is 43.9 Å². The maximum Gasteiger partial charge on any atom is 0.244 e. The molecule has 20 heavy (non-hydrogen) atoms. The Morgan fingerprint density at radius 2 is 2.15 bits per heavy atom. The van der Waals surface area contributed by atoms with Crippen LogP contribution in [-0.2, 0) is 18.7 Å². The summed E-state index contributed by atoms with van der Waals surface area (Å²) >= 11 is 1.83. The van der Waals surface area contributed by atoms with Gasteiger partial charge in [-0.2, -0.15) is 16.7 Å². The molecule has 1 atom stereocenters. The molecule has 0 amide bonds. The average molecular weight is 289 g/mol. The van der Waals surface area contributed by atoms with Gasteiger partial charge in [-0.3, -0.25) is 0 Å². The van der Waals surface area contributed by atoms with Crippen LogP contribution in [0, 0.1) is 0 Å². The van der Waals surface area contributed by atoms with Crippen molar-refractivity contribution >= 4 is 11.8 Å². The zero-order valence-corrected chi connectivity index (χ0v) is 12.6. The van der Waals surface area contributed by atoms with E-state index >= 15 is 0 Å². The maximum atomic E-state index is 5.41. The summed E-state index contributed by atoms with van der Waals surface area (Å²) in [4.78, 5) is 4.52. The topological polar surface area (TPSA) is 51.0 Å². The number of nitrogens with one attached hydrogen (secondary N) is 1. The molecule has 0 aliphatic carbocycles. The Morgan fingerprint density at radius 3 is 2.95 bits per heavy atom. The molecule has 0 saturated carbocycles. The third-order valence-electron chi connectivity index (χ3n) is 3.41. The molecule has 0 spiro atoms. The van der Waals surface area contributed by atoms with Crippen LogP contribution < -0.4 is 5.32 Å². The van der Waals surface area contributed by atoms with Crippen LogP contribution in [0.3, 0.4) is 0 Å². The summed E-state index contributed by atoms with van der Waals surface area (Å²) in [6.07, 6.45) is 0.912. The van der Waals surface area contributed by atoms with Gasteiger partial charge in [0.05, 0.1) is 11.8 Å². The van der Waals surface area contributed by atoms with Gasteiger partial charge in [-0.1, -0.05) is 43.3 Å². The predicted molar refractivity (Wildman–Crippen MR) is 80.5 cm³/mol. The molecule has 0 fully saturated rings. The quantitative estimate of drug-likeness (QED) is 0.937. The van der Waals surface area contributed by atoms with E-state index in [0.717, 1.165) is 24.5 Å². The van der Waals surface area contributed by atoms with E-state index in [1.54, 1.807) is 0 Å². The molecule has 1 N–H and O–H groups in total. The lowest BCUT2D eigenvalue weighted by Crippen LogP contribution is -2.28. The van der Waals surface area contributed by atoms with E-state index < -0.39 is 0 Å². The van der Waals surface area contributed by atoms with Crippen LogP contribution in [0.15, 0.2) is 28.8 Å². The molecule has 1 aliphatic heterocycles. The van der Waals surface area contributed by atoms with Crippen molar-refractivity contribution in [2.75, 3.05) is 0 Å². The fourth-order valence-corrected chi connectivity index (χ4v) is 2.94. The molecule has 3 rings (SSSR count). The molecule has 1 aromatic heterocycles. The smallest absolute Gasteiger partial charge is 0.244 e. The van der Waals surface area contributed by atoms with E-state index in [9.17, 15) is 0 Å². The summed E-state index contributed by atoms with van der Waals surface area (Å²) < 4.78 is 5.41. The van der Waals surface area contributed by atoms with Gasteiger partial charge in [-0.15, -0.1) is 0 Å². The SMILES string of the molecule is CC(C)SCc1noc([C@@H]2Cc3ccccc3CN2)n1. The first-order chi connectivity index (χ1) is 9.72. The van der Waals surface area contributed by atoms with E-state index in [4.69, 9.17) is 4.52 Å². The van der Waals surface area contributed by atoms with Crippen LogP contribution in [0.2, 0.25) is 0 Å². The van der Waals surface area contributed by atoms with E-state index in [0.29, 0.717) is 11.1 Å². The molecule has 106 valence electrons. The van der Waals surface area contributed by atoms with Gasteiger partial charge in [0, 0.05) is 6.54 Å². The molecule has 2 aromatic rings. The molecule has 0 bridgehead atoms. The van der Waals surface area contributed by atoms with Gasteiger partial charge in [-0.25, -0.2) is 0 Å². The number of nitrogens with zero attached hydrogens (tertiary/aromatic N) is 2. The van der Waals surface area contributed by atoms with Crippen molar-refractivity contribution in [3.05, 3.63) is 47.1 Å². The monoisotopic (exact) mass is 289 g/mol. The second kappa shape index (κ2) is 5.97. The highest BCUT2D eigenvalue weighted by molar-refractivity contribution is 7.99. The van der Waals surface area contributed by atoms with E-state index in [1.165, 1.54) is 11.1 Å². The van der Waals surface area contributed by atoms with Gasteiger partial charge < -0.3 is 9.84 Å². The minimum atomic E-state index is 0.134. The van der Waals surface area contributed by atoms with Crippen molar-refractivity contribution in [3.63, 3.8) is 0 Å². The van der Waals surface area contributed by atoms with E-state index in [1.807, 2.05) is 11.8 Å². The Bertz CT molecular complexity index is 582. The van der Waals surface area contributed by atoms with Crippen LogP contribution in [-0.4, -0.2) is 15.4 Å². The Labute approximate surface area is 123 Å². The number of benzene rings is 1. The van der Waals surface area contributed by atoms with Crippen LogP contribution in [0.1, 0.15) is 42.7 Å². The van der Waals surface area contributed by atoms with Gasteiger partial charge >= 0.3 is 0 Å². The Kier molecular flexibility index (Phi) is 4.08. The number of aromatic nitrogens is 2. The highest BCUT2D eigenvalue weighted by Gasteiger charge is 2.24.